The van der Waals surface area contributed by atoms with Crippen LogP contribution in [0.15, 0.2) is 24.3 Å². The molecule has 0 saturated carbocycles. The minimum Gasteiger partial charge on any atom is -0.351 e. The molecule has 4 N–H and O–H groups in total. The first kappa shape index (κ1) is 16.5. The van der Waals surface area contributed by atoms with E-state index in [0.717, 1.165) is 17.0 Å². The Balaban J connectivity index is 2.41. The SMILES string of the molecule is CSCC[C@H](N)C(=O)NCc1ccc(NC(C)=O)cc1. The zero-order valence-electron chi connectivity index (χ0n) is 11.8. The summed E-state index contributed by atoms with van der Waals surface area (Å²) in [7, 11) is 0. The Morgan fingerprint density at radius 2 is 1.95 bits per heavy atom. The number of carbonyl (C=O) groups excluding carboxylic acids is 2. The average Bonchev–Trinajstić information content (AvgIpc) is 2.43. The molecule has 0 aromatic heterocycles. The highest BCUT2D eigenvalue weighted by molar-refractivity contribution is 7.98. The number of anilines is 1. The number of nitrogens with two attached hydrogens (primary N) is 1. The molecule has 1 aromatic carbocycles. The predicted molar refractivity (Wildman–Crippen MR) is 83.6 cm³/mol. The number of rotatable bonds is 7. The van der Waals surface area contributed by atoms with Gasteiger partial charge in [-0.25, -0.2) is 0 Å². The number of amides is 2. The number of nitrogens with one attached hydrogen (secondary N) is 2. The third kappa shape index (κ3) is 6.08. The lowest BCUT2D eigenvalue weighted by atomic mass is 10.2. The lowest BCUT2D eigenvalue weighted by Crippen LogP contribution is -2.40. The fourth-order valence-electron chi connectivity index (χ4n) is 1.61. The molecular weight excluding hydrogens is 274 g/mol. The van der Waals surface area contributed by atoms with Crippen LogP contribution in [0.25, 0.3) is 0 Å². The molecule has 0 radical (unpaired) electrons. The van der Waals surface area contributed by atoms with Crippen LogP contribution in [-0.4, -0.2) is 29.9 Å². The van der Waals surface area contributed by atoms with Crippen LogP contribution in [0.3, 0.4) is 0 Å². The van der Waals surface area contributed by atoms with E-state index in [0.29, 0.717) is 13.0 Å². The van der Waals surface area contributed by atoms with Crippen molar-refractivity contribution in [2.24, 2.45) is 5.73 Å². The van der Waals surface area contributed by atoms with Gasteiger partial charge in [-0.3, -0.25) is 9.59 Å². The monoisotopic (exact) mass is 295 g/mol. The molecular formula is C14H21N3O2S. The number of hydrogen-bond donors (Lipinski definition) is 3. The molecule has 0 spiro atoms. The highest BCUT2D eigenvalue weighted by atomic mass is 32.2. The highest BCUT2D eigenvalue weighted by Crippen LogP contribution is 2.09. The van der Waals surface area contributed by atoms with Crippen LogP contribution in [-0.2, 0) is 16.1 Å². The van der Waals surface area contributed by atoms with Crippen molar-refractivity contribution < 1.29 is 9.59 Å². The molecule has 6 heteroatoms. The van der Waals surface area contributed by atoms with Gasteiger partial charge in [0.25, 0.3) is 0 Å². The van der Waals surface area contributed by atoms with Crippen molar-refractivity contribution in [2.45, 2.75) is 25.9 Å². The van der Waals surface area contributed by atoms with Gasteiger partial charge in [0.2, 0.25) is 11.8 Å². The van der Waals surface area contributed by atoms with Crippen LogP contribution < -0.4 is 16.4 Å². The third-order valence-corrected chi connectivity index (χ3v) is 3.35. The minimum atomic E-state index is -0.457. The van der Waals surface area contributed by atoms with Crippen LogP contribution in [0, 0.1) is 0 Å². The van der Waals surface area contributed by atoms with Crippen molar-refractivity contribution in [1.82, 2.24) is 5.32 Å². The lowest BCUT2D eigenvalue weighted by molar-refractivity contribution is -0.122. The summed E-state index contributed by atoms with van der Waals surface area (Å²) in [4.78, 5) is 22.6. The van der Waals surface area contributed by atoms with E-state index in [9.17, 15) is 9.59 Å². The van der Waals surface area contributed by atoms with Gasteiger partial charge in [-0.05, 0) is 36.1 Å². The van der Waals surface area contributed by atoms with Crippen molar-refractivity contribution in [2.75, 3.05) is 17.3 Å². The van der Waals surface area contributed by atoms with E-state index >= 15 is 0 Å². The first-order valence-corrected chi connectivity index (χ1v) is 7.81. The molecule has 0 aliphatic rings. The summed E-state index contributed by atoms with van der Waals surface area (Å²) in [5.74, 6) is 0.635. The van der Waals surface area contributed by atoms with Gasteiger partial charge < -0.3 is 16.4 Å². The van der Waals surface area contributed by atoms with E-state index in [1.807, 2.05) is 18.4 Å². The zero-order valence-corrected chi connectivity index (χ0v) is 12.6. The van der Waals surface area contributed by atoms with Crippen molar-refractivity contribution in [3.63, 3.8) is 0 Å². The van der Waals surface area contributed by atoms with Gasteiger partial charge in [-0.15, -0.1) is 0 Å². The molecule has 0 saturated heterocycles. The maximum absolute atomic E-state index is 11.7. The summed E-state index contributed by atoms with van der Waals surface area (Å²) in [5.41, 5.74) is 7.48. The standard InChI is InChI=1S/C14H21N3O2S/c1-10(18)17-12-5-3-11(4-6-12)9-16-14(19)13(15)7-8-20-2/h3-6,13H,7-9,15H2,1-2H3,(H,16,19)(H,17,18)/t13-/m0/s1. The number of benzene rings is 1. The molecule has 110 valence electrons. The Labute approximate surface area is 123 Å². The van der Waals surface area contributed by atoms with Crippen LogP contribution >= 0.6 is 11.8 Å². The number of thioether (sulfide) groups is 1. The molecule has 1 rings (SSSR count). The fraction of sp³-hybridized carbons (Fsp3) is 0.429. The first-order chi connectivity index (χ1) is 9.52. The second-order valence-electron chi connectivity index (χ2n) is 4.48. The highest BCUT2D eigenvalue weighted by Gasteiger charge is 2.12. The Bertz CT molecular complexity index is 448. The Kier molecular flexibility index (Phi) is 7.11. The van der Waals surface area contributed by atoms with Crippen LogP contribution in [0.5, 0.6) is 0 Å². The molecule has 0 unspecified atom stereocenters. The minimum absolute atomic E-state index is 0.106. The van der Waals surface area contributed by atoms with E-state index in [4.69, 9.17) is 5.73 Å². The second kappa shape index (κ2) is 8.60. The van der Waals surface area contributed by atoms with Gasteiger partial charge in [0.15, 0.2) is 0 Å². The fourth-order valence-corrected chi connectivity index (χ4v) is 2.10. The van der Waals surface area contributed by atoms with E-state index in [-0.39, 0.29) is 11.8 Å². The topological polar surface area (TPSA) is 84.2 Å². The second-order valence-corrected chi connectivity index (χ2v) is 5.47. The molecule has 20 heavy (non-hydrogen) atoms. The van der Waals surface area contributed by atoms with E-state index < -0.39 is 6.04 Å². The molecule has 0 heterocycles. The summed E-state index contributed by atoms with van der Waals surface area (Å²) in [6, 6.07) is 6.87. The van der Waals surface area contributed by atoms with Crippen LogP contribution in [0.1, 0.15) is 18.9 Å². The van der Waals surface area contributed by atoms with Gasteiger partial charge in [0.05, 0.1) is 6.04 Å². The lowest BCUT2D eigenvalue weighted by Gasteiger charge is -2.12. The largest absolute Gasteiger partial charge is 0.351 e. The summed E-state index contributed by atoms with van der Waals surface area (Å²) < 4.78 is 0. The molecule has 0 fully saturated rings. The summed E-state index contributed by atoms with van der Waals surface area (Å²) >= 11 is 1.67. The Morgan fingerprint density at radius 3 is 2.50 bits per heavy atom. The smallest absolute Gasteiger partial charge is 0.237 e. The third-order valence-electron chi connectivity index (χ3n) is 2.71. The zero-order chi connectivity index (χ0) is 15.0. The Hall–Kier alpha value is -1.53. The first-order valence-electron chi connectivity index (χ1n) is 6.41. The quantitative estimate of drug-likeness (QED) is 0.709. The van der Waals surface area contributed by atoms with E-state index in [1.54, 1.807) is 23.9 Å². The van der Waals surface area contributed by atoms with Gasteiger partial charge in [-0.2, -0.15) is 11.8 Å². The average molecular weight is 295 g/mol. The normalized spacial score (nSPS) is 11.8. The number of carbonyl (C=O) groups is 2. The van der Waals surface area contributed by atoms with Crippen molar-refractivity contribution in [1.29, 1.82) is 0 Å². The summed E-state index contributed by atoms with van der Waals surface area (Å²) in [6.07, 6.45) is 2.66. The predicted octanol–water partition coefficient (Wildman–Crippen LogP) is 1.34. The summed E-state index contributed by atoms with van der Waals surface area (Å²) in [5, 5.41) is 5.50. The van der Waals surface area contributed by atoms with Crippen molar-refractivity contribution >= 4 is 29.3 Å². The number of hydrogen-bond acceptors (Lipinski definition) is 4. The van der Waals surface area contributed by atoms with Crippen molar-refractivity contribution in [3.05, 3.63) is 29.8 Å². The molecule has 2 amide bonds. The maximum Gasteiger partial charge on any atom is 0.237 e. The molecule has 0 aliphatic carbocycles. The van der Waals surface area contributed by atoms with Crippen LogP contribution in [0.2, 0.25) is 0 Å². The van der Waals surface area contributed by atoms with Gasteiger partial charge in [0.1, 0.15) is 0 Å². The van der Waals surface area contributed by atoms with Gasteiger partial charge in [0, 0.05) is 19.2 Å². The van der Waals surface area contributed by atoms with E-state index in [2.05, 4.69) is 10.6 Å². The van der Waals surface area contributed by atoms with Gasteiger partial charge >= 0.3 is 0 Å². The summed E-state index contributed by atoms with van der Waals surface area (Å²) in [6.45, 7) is 1.90. The molecule has 0 bridgehead atoms. The molecule has 0 aliphatic heterocycles. The molecule has 1 aromatic rings. The van der Waals surface area contributed by atoms with Crippen molar-refractivity contribution in [3.8, 4) is 0 Å². The van der Waals surface area contributed by atoms with E-state index in [1.165, 1.54) is 6.92 Å². The molecule has 1 atom stereocenters. The molecule has 5 nitrogen and oxygen atoms in total. The van der Waals surface area contributed by atoms with Crippen LogP contribution in [0.4, 0.5) is 5.69 Å². The Morgan fingerprint density at radius 1 is 1.30 bits per heavy atom. The van der Waals surface area contributed by atoms with Gasteiger partial charge in [-0.1, -0.05) is 12.1 Å². The maximum atomic E-state index is 11.7.